The number of nitrogens with one attached hydrogen (secondary N) is 2. The summed E-state index contributed by atoms with van der Waals surface area (Å²) in [5.41, 5.74) is 0.621. The monoisotopic (exact) mass is 454 g/mol. The number of hydrogen-bond donors (Lipinski definition) is 2. The summed E-state index contributed by atoms with van der Waals surface area (Å²) in [6.07, 6.45) is 4.40. The van der Waals surface area contributed by atoms with Crippen molar-refractivity contribution in [1.82, 2.24) is 24.2 Å². The van der Waals surface area contributed by atoms with Gasteiger partial charge in [-0.3, -0.25) is 0 Å². The second-order valence-corrected chi connectivity index (χ2v) is 11.0. The van der Waals surface area contributed by atoms with E-state index in [4.69, 9.17) is 0 Å². The van der Waals surface area contributed by atoms with Gasteiger partial charge >= 0.3 is 0 Å². The van der Waals surface area contributed by atoms with Crippen LogP contribution in [0.5, 0.6) is 0 Å². The SMILES string of the molecule is O=S(=O)(C1CC1)N1CC[C@@H](Nc2ncc3ccn([C@H]4CCCNC[C@H]4F)c3n2)[C@H](F)C1. The van der Waals surface area contributed by atoms with Gasteiger partial charge in [0.15, 0.2) is 0 Å². The van der Waals surface area contributed by atoms with Gasteiger partial charge in [-0.2, -0.15) is 9.29 Å². The van der Waals surface area contributed by atoms with Crippen LogP contribution in [0.4, 0.5) is 14.7 Å². The van der Waals surface area contributed by atoms with Crippen LogP contribution in [0.15, 0.2) is 18.5 Å². The van der Waals surface area contributed by atoms with Crippen LogP contribution in [0.25, 0.3) is 11.0 Å². The highest BCUT2D eigenvalue weighted by molar-refractivity contribution is 7.90. The fourth-order valence-electron chi connectivity index (χ4n) is 4.59. The van der Waals surface area contributed by atoms with Gasteiger partial charge in [0, 0.05) is 37.4 Å². The molecule has 11 heteroatoms. The Morgan fingerprint density at radius 3 is 2.77 bits per heavy atom. The molecular weight excluding hydrogens is 426 g/mol. The Balaban J connectivity index is 1.32. The summed E-state index contributed by atoms with van der Waals surface area (Å²) in [6, 6.07) is 0.992. The van der Waals surface area contributed by atoms with Crippen molar-refractivity contribution in [2.24, 2.45) is 0 Å². The van der Waals surface area contributed by atoms with E-state index < -0.39 is 28.4 Å². The van der Waals surface area contributed by atoms with Crippen molar-refractivity contribution in [3.05, 3.63) is 18.5 Å². The molecule has 0 unspecified atom stereocenters. The molecule has 3 fully saturated rings. The van der Waals surface area contributed by atoms with Gasteiger partial charge in [-0.05, 0) is 44.7 Å². The predicted molar refractivity (Wildman–Crippen MR) is 114 cm³/mol. The van der Waals surface area contributed by atoms with Crippen molar-refractivity contribution in [1.29, 1.82) is 0 Å². The third-order valence-electron chi connectivity index (χ3n) is 6.55. The number of fused-ring (bicyclic) bond motifs is 1. The Morgan fingerprint density at radius 1 is 1.16 bits per heavy atom. The standard InChI is InChI=1S/C20H28F2N6O2S/c21-15-11-23-7-1-2-18(15)28-9-5-13-10-24-20(26-19(13)28)25-17-6-8-27(12-16(17)22)31(29,30)14-3-4-14/h5,9-10,14-18,23H,1-4,6-8,11-12H2,(H,24,25,26)/t15-,16-,17-,18+/m1/s1. The second kappa shape index (κ2) is 8.25. The van der Waals surface area contributed by atoms with Crippen molar-refractivity contribution in [2.45, 2.75) is 61.8 Å². The normalized spacial score (nSPS) is 30.9. The first kappa shape index (κ1) is 21.0. The Bertz CT molecular complexity index is 1040. The molecule has 0 spiro atoms. The number of anilines is 1. The molecule has 2 N–H and O–H groups in total. The highest BCUT2D eigenvalue weighted by Crippen LogP contribution is 2.33. The van der Waals surface area contributed by atoms with E-state index in [-0.39, 0.29) is 30.3 Å². The Morgan fingerprint density at radius 2 is 2.00 bits per heavy atom. The fourth-order valence-corrected chi connectivity index (χ4v) is 6.46. The lowest BCUT2D eigenvalue weighted by molar-refractivity contribution is 0.185. The molecule has 170 valence electrons. The topological polar surface area (TPSA) is 92.2 Å². The molecule has 8 nitrogen and oxygen atoms in total. The Labute approximate surface area is 180 Å². The molecule has 1 aliphatic carbocycles. The number of aromatic nitrogens is 3. The molecule has 1 saturated carbocycles. The molecule has 2 aliphatic heterocycles. The third-order valence-corrected chi connectivity index (χ3v) is 8.91. The zero-order chi connectivity index (χ0) is 21.6. The van der Waals surface area contributed by atoms with Gasteiger partial charge in [0.2, 0.25) is 16.0 Å². The number of sulfonamides is 1. The molecule has 2 saturated heterocycles. The number of rotatable bonds is 5. The smallest absolute Gasteiger partial charge is 0.224 e. The number of alkyl halides is 2. The zero-order valence-corrected chi connectivity index (χ0v) is 18.1. The first-order valence-corrected chi connectivity index (χ1v) is 12.5. The molecule has 31 heavy (non-hydrogen) atoms. The molecule has 2 aromatic heterocycles. The van der Waals surface area contributed by atoms with Crippen molar-refractivity contribution >= 4 is 27.0 Å². The van der Waals surface area contributed by atoms with E-state index in [9.17, 15) is 17.2 Å². The average molecular weight is 455 g/mol. The van der Waals surface area contributed by atoms with Crippen LogP contribution in [0, 0.1) is 0 Å². The van der Waals surface area contributed by atoms with Crippen LogP contribution in [0.3, 0.4) is 0 Å². The van der Waals surface area contributed by atoms with Gasteiger partial charge in [-0.15, -0.1) is 0 Å². The maximum Gasteiger partial charge on any atom is 0.224 e. The van der Waals surface area contributed by atoms with E-state index in [1.54, 1.807) is 6.20 Å². The van der Waals surface area contributed by atoms with Crippen LogP contribution >= 0.6 is 0 Å². The summed E-state index contributed by atoms with van der Waals surface area (Å²) < 4.78 is 57.4. The van der Waals surface area contributed by atoms with E-state index >= 15 is 0 Å². The van der Waals surface area contributed by atoms with Crippen molar-refractivity contribution in [2.75, 3.05) is 31.5 Å². The molecule has 3 aliphatic rings. The highest BCUT2D eigenvalue weighted by atomic mass is 32.2. The Hall–Kier alpha value is -1.85. The van der Waals surface area contributed by atoms with Crippen molar-refractivity contribution in [3.8, 4) is 0 Å². The molecule has 0 bridgehead atoms. The summed E-state index contributed by atoms with van der Waals surface area (Å²) in [7, 11) is -3.38. The summed E-state index contributed by atoms with van der Waals surface area (Å²) in [5, 5.41) is 6.63. The summed E-state index contributed by atoms with van der Waals surface area (Å²) in [5.74, 6) is 0.278. The lowest BCUT2D eigenvalue weighted by atomic mass is 10.1. The van der Waals surface area contributed by atoms with E-state index in [1.807, 2.05) is 16.8 Å². The maximum atomic E-state index is 14.8. The van der Waals surface area contributed by atoms with Crippen LogP contribution in [0.1, 0.15) is 38.1 Å². The fraction of sp³-hybridized carbons (Fsp3) is 0.700. The third kappa shape index (κ3) is 4.14. The van der Waals surface area contributed by atoms with Gasteiger partial charge in [0.25, 0.3) is 0 Å². The molecule has 2 aromatic rings. The summed E-state index contributed by atoms with van der Waals surface area (Å²) >= 11 is 0. The lowest BCUT2D eigenvalue weighted by Gasteiger charge is -2.34. The molecule has 0 amide bonds. The quantitative estimate of drug-likeness (QED) is 0.718. The van der Waals surface area contributed by atoms with Crippen LogP contribution in [-0.4, -0.2) is 77.1 Å². The number of nitrogens with zero attached hydrogens (tertiary/aromatic N) is 4. The lowest BCUT2D eigenvalue weighted by Crippen LogP contribution is -2.50. The van der Waals surface area contributed by atoms with Gasteiger partial charge in [-0.1, -0.05) is 0 Å². The Kier molecular flexibility index (Phi) is 5.59. The summed E-state index contributed by atoms with van der Waals surface area (Å²) in [6.45, 7) is 1.25. The predicted octanol–water partition coefficient (Wildman–Crippen LogP) is 2.01. The van der Waals surface area contributed by atoms with E-state index in [0.717, 1.165) is 18.4 Å². The number of halogens is 2. The van der Waals surface area contributed by atoms with Crippen LogP contribution in [0.2, 0.25) is 0 Å². The van der Waals surface area contributed by atoms with Gasteiger partial charge in [0.05, 0.1) is 17.3 Å². The first-order valence-electron chi connectivity index (χ1n) is 11.0. The summed E-state index contributed by atoms with van der Waals surface area (Å²) in [4.78, 5) is 8.86. The molecular formula is C20H28F2N6O2S. The molecule has 0 radical (unpaired) electrons. The largest absolute Gasteiger partial charge is 0.348 e. The number of piperidine rings is 1. The van der Waals surface area contributed by atoms with E-state index in [0.29, 0.717) is 37.9 Å². The minimum Gasteiger partial charge on any atom is -0.348 e. The molecule has 5 rings (SSSR count). The van der Waals surface area contributed by atoms with Crippen molar-refractivity contribution < 1.29 is 17.2 Å². The van der Waals surface area contributed by atoms with Crippen LogP contribution < -0.4 is 10.6 Å². The first-order chi connectivity index (χ1) is 14.9. The van der Waals surface area contributed by atoms with Gasteiger partial charge in [-0.25, -0.2) is 22.2 Å². The maximum absolute atomic E-state index is 14.8. The van der Waals surface area contributed by atoms with Gasteiger partial charge < -0.3 is 15.2 Å². The molecule has 0 aromatic carbocycles. The van der Waals surface area contributed by atoms with Crippen molar-refractivity contribution in [3.63, 3.8) is 0 Å². The van der Waals surface area contributed by atoms with E-state index in [1.165, 1.54) is 4.31 Å². The zero-order valence-electron chi connectivity index (χ0n) is 17.3. The minimum atomic E-state index is -3.38. The number of hydrogen-bond acceptors (Lipinski definition) is 6. The second-order valence-electron chi connectivity index (χ2n) is 8.78. The van der Waals surface area contributed by atoms with Gasteiger partial charge in [0.1, 0.15) is 18.0 Å². The molecule has 4 heterocycles. The van der Waals surface area contributed by atoms with Crippen LogP contribution in [-0.2, 0) is 10.0 Å². The highest BCUT2D eigenvalue weighted by Gasteiger charge is 2.43. The average Bonchev–Trinajstić information content (AvgIpc) is 3.56. The molecule has 4 atom stereocenters. The minimum absolute atomic E-state index is 0.145. The van der Waals surface area contributed by atoms with E-state index in [2.05, 4.69) is 20.6 Å².